The van der Waals surface area contributed by atoms with Gasteiger partial charge in [0.1, 0.15) is 10.8 Å². The summed E-state index contributed by atoms with van der Waals surface area (Å²) in [5, 5.41) is 0. The first-order chi connectivity index (χ1) is 11.4. The van der Waals surface area contributed by atoms with Crippen LogP contribution in [-0.2, 0) is 20.4 Å². The summed E-state index contributed by atoms with van der Waals surface area (Å²) in [5.74, 6) is -0.822. The minimum absolute atomic E-state index is 0.0378. The molecule has 1 fully saturated rings. The molecule has 126 valence electrons. The van der Waals surface area contributed by atoms with Crippen molar-refractivity contribution < 1.29 is 22.7 Å². The molecule has 2 nitrogen and oxygen atoms in total. The first-order valence-corrected chi connectivity index (χ1v) is 7.75. The molecule has 0 radical (unpaired) electrons. The third-order valence-corrected chi connectivity index (χ3v) is 4.77. The Bertz CT molecular complexity index is 727. The second-order valence-corrected chi connectivity index (χ2v) is 5.94. The van der Waals surface area contributed by atoms with Crippen molar-refractivity contribution in [3.63, 3.8) is 0 Å². The highest BCUT2D eigenvalue weighted by atomic mass is 19.4. The molecule has 5 heteroatoms. The van der Waals surface area contributed by atoms with Crippen molar-refractivity contribution >= 4 is 5.97 Å². The predicted octanol–water partition coefficient (Wildman–Crippen LogP) is 4.39. The molecular weight excluding hydrogens is 317 g/mol. The molecule has 2 aromatic carbocycles. The molecule has 1 aliphatic carbocycles. The van der Waals surface area contributed by atoms with Gasteiger partial charge in [0.2, 0.25) is 0 Å². The fraction of sp³-hybridized carbons (Fsp3) is 0.316. The van der Waals surface area contributed by atoms with Crippen LogP contribution in [-0.4, -0.2) is 18.8 Å². The molecule has 0 aromatic heterocycles. The van der Waals surface area contributed by atoms with Gasteiger partial charge < -0.3 is 4.74 Å². The maximum atomic E-state index is 14.2. The first-order valence-electron chi connectivity index (χ1n) is 7.75. The van der Waals surface area contributed by atoms with Gasteiger partial charge in [0.25, 0.3) is 0 Å². The predicted molar refractivity (Wildman–Crippen MR) is 83.5 cm³/mol. The van der Waals surface area contributed by atoms with Crippen LogP contribution in [0.5, 0.6) is 0 Å². The molecule has 0 heterocycles. The molecule has 0 amide bonds. The van der Waals surface area contributed by atoms with Crippen molar-refractivity contribution in [3.8, 4) is 0 Å². The topological polar surface area (TPSA) is 26.3 Å². The number of hydrogen-bond donors (Lipinski definition) is 0. The molecular formula is C19H17F3O2. The Kier molecular flexibility index (Phi) is 3.90. The standard InChI is InChI=1S/C19H17F3O2/c1-2-24-16(23)17(14-9-5-3-6-10-14)13-18(17,19(20,21)22)15-11-7-4-8-12-15/h3-12H,2,13H2,1H3/t17-,18-/m1/s1. The molecule has 0 spiro atoms. The Hall–Kier alpha value is -2.30. The summed E-state index contributed by atoms with van der Waals surface area (Å²) in [7, 11) is 0. The van der Waals surface area contributed by atoms with E-state index in [1.54, 1.807) is 55.5 Å². The number of carbonyl (C=O) groups is 1. The maximum absolute atomic E-state index is 14.2. The highest BCUT2D eigenvalue weighted by molar-refractivity contribution is 5.91. The van der Waals surface area contributed by atoms with E-state index in [1.807, 2.05) is 0 Å². The lowest BCUT2D eigenvalue weighted by atomic mass is 9.81. The lowest BCUT2D eigenvalue weighted by molar-refractivity contribution is -0.175. The Labute approximate surface area is 138 Å². The van der Waals surface area contributed by atoms with E-state index in [4.69, 9.17) is 4.74 Å². The monoisotopic (exact) mass is 334 g/mol. The molecule has 0 N–H and O–H groups in total. The van der Waals surface area contributed by atoms with E-state index >= 15 is 0 Å². The van der Waals surface area contributed by atoms with E-state index in [1.165, 1.54) is 12.1 Å². The fourth-order valence-corrected chi connectivity index (χ4v) is 3.62. The largest absolute Gasteiger partial charge is 0.465 e. The van der Waals surface area contributed by atoms with Crippen LogP contribution in [0.3, 0.4) is 0 Å². The minimum Gasteiger partial charge on any atom is -0.465 e. The number of alkyl halides is 3. The van der Waals surface area contributed by atoms with E-state index in [-0.39, 0.29) is 18.6 Å². The summed E-state index contributed by atoms with van der Waals surface area (Å²) < 4.78 is 47.5. The number of ether oxygens (including phenoxy) is 1. The van der Waals surface area contributed by atoms with Gasteiger partial charge in [-0.1, -0.05) is 60.7 Å². The summed E-state index contributed by atoms with van der Waals surface area (Å²) >= 11 is 0. The lowest BCUT2D eigenvalue weighted by Gasteiger charge is -2.27. The van der Waals surface area contributed by atoms with Crippen LogP contribution in [0.4, 0.5) is 13.2 Å². The lowest BCUT2D eigenvalue weighted by Crippen LogP contribution is -2.41. The second-order valence-electron chi connectivity index (χ2n) is 5.94. The van der Waals surface area contributed by atoms with Crippen LogP contribution in [0.25, 0.3) is 0 Å². The molecule has 1 saturated carbocycles. The van der Waals surface area contributed by atoms with Crippen molar-refractivity contribution in [1.82, 2.24) is 0 Å². The minimum atomic E-state index is -4.57. The van der Waals surface area contributed by atoms with Crippen molar-refractivity contribution in [3.05, 3.63) is 71.8 Å². The van der Waals surface area contributed by atoms with Crippen LogP contribution in [0.2, 0.25) is 0 Å². The summed E-state index contributed by atoms with van der Waals surface area (Å²) in [5.41, 5.74) is -3.56. The van der Waals surface area contributed by atoms with Gasteiger partial charge in [-0.25, -0.2) is 0 Å². The highest BCUT2D eigenvalue weighted by Gasteiger charge is 2.85. The highest BCUT2D eigenvalue weighted by Crippen LogP contribution is 2.72. The maximum Gasteiger partial charge on any atom is 0.399 e. The van der Waals surface area contributed by atoms with Gasteiger partial charge in [0, 0.05) is 0 Å². The van der Waals surface area contributed by atoms with Crippen molar-refractivity contribution in [2.45, 2.75) is 30.4 Å². The van der Waals surface area contributed by atoms with Gasteiger partial charge >= 0.3 is 12.1 Å². The number of halogens is 3. The van der Waals surface area contributed by atoms with Crippen LogP contribution in [0.15, 0.2) is 60.7 Å². The van der Waals surface area contributed by atoms with Crippen LogP contribution >= 0.6 is 0 Å². The van der Waals surface area contributed by atoms with Crippen LogP contribution < -0.4 is 0 Å². The third kappa shape index (κ3) is 2.14. The van der Waals surface area contributed by atoms with E-state index in [0.29, 0.717) is 5.56 Å². The number of carbonyl (C=O) groups excluding carboxylic acids is 1. The van der Waals surface area contributed by atoms with Gasteiger partial charge in [-0.15, -0.1) is 0 Å². The Morgan fingerprint density at radius 2 is 1.50 bits per heavy atom. The SMILES string of the molecule is CCOC(=O)[C@]1(c2ccccc2)C[C@]1(c1ccccc1)C(F)(F)F. The van der Waals surface area contributed by atoms with Gasteiger partial charge in [0.05, 0.1) is 6.61 Å². The quantitative estimate of drug-likeness (QED) is 0.775. The van der Waals surface area contributed by atoms with E-state index < -0.39 is 23.0 Å². The zero-order valence-corrected chi connectivity index (χ0v) is 13.1. The van der Waals surface area contributed by atoms with Gasteiger partial charge in [-0.3, -0.25) is 4.79 Å². The summed E-state index contributed by atoms with van der Waals surface area (Å²) in [6.45, 7) is 1.63. The van der Waals surface area contributed by atoms with Gasteiger partial charge in [0.15, 0.2) is 0 Å². The van der Waals surface area contributed by atoms with E-state index in [9.17, 15) is 18.0 Å². The number of hydrogen-bond acceptors (Lipinski definition) is 2. The number of rotatable bonds is 4. The Morgan fingerprint density at radius 1 is 1.00 bits per heavy atom. The molecule has 24 heavy (non-hydrogen) atoms. The average molecular weight is 334 g/mol. The molecule has 0 saturated heterocycles. The third-order valence-electron chi connectivity index (χ3n) is 4.77. The second kappa shape index (κ2) is 5.65. The van der Waals surface area contributed by atoms with Crippen LogP contribution in [0, 0.1) is 0 Å². The summed E-state index contributed by atoms with van der Waals surface area (Å²) in [6, 6.07) is 15.7. The van der Waals surface area contributed by atoms with Crippen molar-refractivity contribution in [1.29, 1.82) is 0 Å². The normalized spacial score (nSPS) is 26.0. The van der Waals surface area contributed by atoms with E-state index in [0.717, 1.165) is 0 Å². The van der Waals surface area contributed by atoms with Crippen LogP contribution in [0.1, 0.15) is 24.5 Å². The molecule has 0 unspecified atom stereocenters. The molecule has 1 aliphatic rings. The van der Waals surface area contributed by atoms with Gasteiger partial charge in [-0.2, -0.15) is 13.2 Å². The number of esters is 1. The fourth-order valence-electron chi connectivity index (χ4n) is 3.62. The van der Waals surface area contributed by atoms with Gasteiger partial charge in [-0.05, 0) is 24.5 Å². The first kappa shape index (κ1) is 16.6. The molecule has 3 rings (SSSR count). The Balaban J connectivity index is 2.23. The average Bonchev–Trinajstić information content (AvgIpc) is 3.30. The molecule has 2 atom stereocenters. The zero-order chi connectivity index (χ0) is 17.4. The summed E-state index contributed by atoms with van der Waals surface area (Å²) in [6.07, 6.45) is -4.91. The zero-order valence-electron chi connectivity index (χ0n) is 13.1. The number of benzene rings is 2. The van der Waals surface area contributed by atoms with Crippen molar-refractivity contribution in [2.75, 3.05) is 6.61 Å². The Morgan fingerprint density at radius 3 is 1.96 bits per heavy atom. The van der Waals surface area contributed by atoms with Crippen molar-refractivity contribution in [2.24, 2.45) is 0 Å². The smallest absolute Gasteiger partial charge is 0.399 e. The molecule has 0 bridgehead atoms. The van der Waals surface area contributed by atoms with E-state index in [2.05, 4.69) is 0 Å². The molecule has 2 aromatic rings. The summed E-state index contributed by atoms with van der Waals surface area (Å²) in [4.78, 5) is 12.6. The molecule has 0 aliphatic heterocycles.